The molecule has 0 spiro atoms. The van der Waals surface area contributed by atoms with Crippen LogP contribution in [0.25, 0.3) is 0 Å². The number of aromatic nitrogens is 1. The van der Waals surface area contributed by atoms with Gasteiger partial charge in [-0.2, -0.15) is 0 Å². The van der Waals surface area contributed by atoms with Crippen molar-refractivity contribution in [2.24, 2.45) is 0 Å². The van der Waals surface area contributed by atoms with Gasteiger partial charge in [-0.3, -0.25) is 0 Å². The maximum atomic E-state index is 5.76. The molecule has 4 heteroatoms. The van der Waals surface area contributed by atoms with Gasteiger partial charge in [-0.25, -0.2) is 4.98 Å². The van der Waals surface area contributed by atoms with Gasteiger partial charge in [0.2, 0.25) is 5.88 Å². The van der Waals surface area contributed by atoms with Crippen molar-refractivity contribution in [3.63, 3.8) is 0 Å². The minimum atomic E-state index is 0.541. The van der Waals surface area contributed by atoms with E-state index in [2.05, 4.69) is 32.3 Å². The van der Waals surface area contributed by atoms with Gasteiger partial charge in [0.25, 0.3) is 0 Å². The molecule has 1 heterocycles. The van der Waals surface area contributed by atoms with E-state index in [1.54, 1.807) is 0 Å². The summed E-state index contributed by atoms with van der Waals surface area (Å²) >= 11 is 3.43. The van der Waals surface area contributed by atoms with Crippen molar-refractivity contribution in [1.29, 1.82) is 0 Å². The van der Waals surface area contributed by atoms with E-state index >= 15 is 0 Å². The molecule has 2 aromatic rings. The number of pyridine rings is 1. The van der Waals surface area contributed by atoms with Crippen LogP contribution in [0.3, 0.4) is 0 Å². The third kappa shape index (κ3) is 4.29. The summed E-state index contributed by atoms with van der Waals surface area (Å²) in [6.07, 6.45) is 2.61. The fraction of sp³-hybridized carbons (Fsp3) is 0.353. The molecule has 0 radical (unpaired) electrons. The summed E-state index contributed by atoms with van der Waals surface area (Å²) in [7, 11) is 0. The lowest BCUT2D eigenvalue weighted by Gasteiger charge is -2.10. The van der Waals surface area contributed by atoms with Crippen molar-refractivity contribution in [2.75, 3.05) is 0 Å². The minimum Gasteiger partial charge on any atom is -0.473 e. The van der Waals surface area contributed by atoms with Crippen LogP contribution in [-0.2, 0) is 13.2 Å². The molecule has 1 saturated carbocycles. The fourth-order valence-corrected chi connectivity index (χ4v) is 2.38. The van der Waals surface area contributed by atoms with E-state index in [-0.39, 0.29) is 0 Å². The van der Waals surface area contributed by atoms with Gasteiger partial charge in [0.05, 0.1) is 0 Å². The second kappa shape index (κ2) is 6.58. The molecule has 1 N–H and O–H groups in total. The summed E-state index contributed by atoms with van der Waals surface area (Å²) in [5, 5.41) is 3.51. The van der Waals surface area contributed by atoms with Gasteiger partial charge >= 0.3 is 0 Å². The standard InChI is InChI=1S/C17H19BrN2O/c1-12-14(10-19-16-7-8-16)4-9-17(20-12)21-11-13-2-5-15(18)6-3-13/h2-6,9,16,19H,7-8,10-11H2,1H3. The van der Waals surface area contributed by atoms with E-state index in [1.807, 2.05) is 37.3 Å². The molecule has 1 aromatic carbocycles. The van der Waals surface area contributed by atoms with Crippen LogP contribution in [0.4, 0.5) is 0 Å². The zero-order valence-corrected chi connectivity index (χ0v) is 13.7. The summed E-state index contributed by atoms with van der Waals surface area (Å²) in [5.41, 5.74) is 3.42. The number of rotatable bonds is 6. The van der Waals surface area contributed by atoms with Crippen LogP contribution in [0.5, 0.6) is 5.88 Å². The molecule has 1 aliphatic carbocycles. The summed E-state index contributed by atoms with van der Waals surface area (Å²) in [6, 6.07) is 12.9. The van der Waals surface area contributed by atoms with E-state index < -0.39 is 0 Å². The predicted molar refractivity (Wildman–Crippen MR) is 87.3 cm³/mol. The Morgan fingerprint density at radius 1 is 1.19 bits per heavy atom. The lowest BCUT2D eigenvalue weighted by atomic mass is 10.2. The van der Waals surface area contributed by atoms with Gasteiger partial charge in [0.1, 0.15) is 6.61 Å². The first-order chi connectivity index (χ1) is 10.2. The normalized spacial score (nSPS) is 14.2. The third-order valence-electron chi connectivity index (χ3n) is 3.63. The quantitative estimate of drug-likeness (QED) is 0.858. The van der Waals surface area contributed by atoms with Crippen molar-refractivity contribution in [3.05, 3.63) is 57.7 Å². The molecule has 0 aliphatic heterocycles. The van der Waals surface area contributed by atoms with E-state index in [0.29, 0.717) is 12.5 Å². The minimum absolute atomic E-state index is 0.541. The first-order valence-corrected chi connectivity index (χ1v) is 8.07. The Hall–Kier alpha value is -1.39. The Morgan fingerprint density at radius 3 is 2.62 bits per heavy atom. The third-order valence-corrected chi connectivity index (χ3v) is 4.16. The molecule has 3 nitrogen and oxygen atoms in total. The topological polar surface area (TPSA) is 34.1 Å². The van der Waals surface area contributed by atoms with Crippen LogP contribution in [0.1, 0.15) is 29.7 Å². The molecule has 0 amide bonds. The summed E-state index contributed by atoms with van der Waals surface area (Å²) in [5.74, 6) is 0.686. The van der Waals surface area contributed by atoms with Crippen molar-refractivity contribution < 1.29 is 4.74 Å². The maximum Gasteiger partial charge on any atom is 0.213 e. The van der Waals surface area contributed by atoms with Gasteiger partial charge in [0.15, 0.2) is 0 Å². The van der Waals surface area contributed by atoms with E-state index in [9.17, 15) is 0 Å². The largest absolute Gasteiger partial charge is 0.473 e. The second-order valence-electron chi connectivity index (χ2n) is 5.46. The zero-order chi connectivity index (χ0) is 14.7. The molecule has 3 rings (SSSR count). The first-order valence-electron chi connectivity index (χ1n) is 7.28. The Bertz CT molecular complexity index is 609. The molecule has 0 saturated heterocycles. The fourth-order valence-electron chi connectivity index (χ4n) is 2.11. The molecular weight excluding hydrogens is 328 g/mol. The molecule has 0 bridgehead atoms. The van der Waals surface area contributed by atoms with Crippen molar-refractivity contribution >= 4 is 15.9 Å². The summed E-state index contributed by atoms with van der Waals surface area (Å²) in [6.45, 7) is 3.48. The highest BCUT2D eigenvalue weighted by atomic mass is 79.9. The number of benzene rings is 1. The van der Waals surface area contributed by atoms with Gasteiger partial charge in [-0.15, -0.1) is 0 Å². The molecule has 0 atom stereocenters. The number of halogens is 1. The molecule has 1 aliphatic rings. The monoisotopic (exact) mass is 346 g/mol. The van der Waals surface area contributed by atoms with E-state index in [1.165, 1.54) is 18.4 Å². The average Bonchev–Trinajstić information content (AvgIpc) is 3.30. The van der Waals surface area contributed by atoms with Crippen LogP contribution in [0.15, 0.2) is 40.9 Å². The van der Waals surface area contributed by atoms with Crippen LogP contribution in [-0.4, -0.2) is 11.0 Å². The van der Waals surface area contributed by atoms with Gasteiger partial charge in [-0.05, 0) is 43.0 Å². The molecule has 1 aromatic heterocycles. The van der Waals surface area contributed by atoms with E-state index in [4.69, 9.17) is 4.74 Å². The smallest absolute Gasteiger partial charge is 0.213 e. The van der Waals surface area contributed by atoms with Crippen LogP contribution in [0.2, 0.25) is 0 Å². The number of nitrogens with zero attached hydrogens (tertiary/aromatic N) is 1. The van der Waals surface area contributed by atoms with Crippen LogP contribution in [0, 0.1) is 6.92 Å². The van der Waals surface area contributed by atoms with Crippen LogP contribution >= 0.6 is 15.9 Å². The van der Waals surface area contributed by atoms with Crippen LogP contribution < -0.4 is 10.1 Å². The predicted octanol–water partition coefficient (Wildman–Crippen LogP) is 3.98. The number of aryl methyl sites for hydroxylation is 1. The Labute approximate surface area is 133 Å². The summed E-state index contributed by atoms with van der Waals surface area (Å²) in [4.78, 5) is 4.53. The molecule has 0 unspecified atom stereocenters. The molecular formula is C17H19BrN2O. The molecule has 1 fully saturated rings. The molecule has 21 heavy (non-hydrogen) atoms. The number of hydrogen-bond acceptors (Lipinski definition) is 3. The molecule has 110 valence electrons. The number of ether oxygens (including phenoxy) is 1. The highest BCUT2D eigenvalue weighted by Gasteiger charge is 2.20. The number of hydrogen-bond donors (Lipinski definition) is 1. The highest BCUT2D eigenvalue weighted by molar-refractivity contribution is 9.10. The van der Waals surface area contributed by atoms with Gasteiger partial charge in [-0.1, -0.05) is 34.1 Å². The Morgan fingerprint density at radius 2 is 1.95 bits per heavy atom. The van der Waals surface area contributed by atoms with Crippen molar-refractivity contribution in [2.45, 2.75) is 39.0 Å². The average molecular weight is 347 g/mol. The zero-order valence-electron chi connectivity index (χ0n) is 12.1. The van der Waals surface area contributed by atoms with Crippen molar-refractivity contribution in [3.8, 4) is 5.88 Å². The highest BCUT2D eigenvalue weighted by Crippen LogP contribution is 2.20. The summed E-state index contributed by atoms with van der Waals surface area (Å²) < 4.78 is 6.84. The van der Waals surface area contributed by atoms with E-state index in [0.717, 1.165) is 28.3 Å². The SMILES string of the molecule is Cc1nc(OCc2ccc(Br)cc2)ccc1CNC1CC1. The van der Waals surface area contributed by atoms with Gasteiger partial charge in [0, 0.05) is 28.8 Å². The van der Waals surface area contributed by atoms with Gasteiger partial charge < -0.3 is 10.1 Å². The lowest BCUT2D eigenvalue weighted by molar-refractivity contribution is 0.293. The number of nitrogens with one attached hydrogen (secondary N) is 1. The Kier molecular flexibility index (Phi) is 4.56. The first kappa shape index (κ1) is 14.5. The second-order valence-corrected chi connectivity index (χ2v) is 6.38. The lowest BCUT2D eigenvalue weighted by Crippen LogP contribution is -2.16. The maximum absolute atomic E-state index is 5.76. The Balaban J connectivity index is 1.57. The van der Waals surface area contributed by atoms with Crippen molar-refractivity contribution in [1.82, 2.24) is 10.3 Å².